The number of imidazole rings is 1. The maximum Gasteiger partial charge on any atom is 0.490 e. The molecule has 2 aliphatic rings. The van der Waals surface area contributed by atoms with E-state index in [1.54, 1.807) is 12.4 Å². The number of carboxylic acid groups (broad SMARTS) is 2. The Hall–Kier alpha value is -3.47. The van der Waals surface area contributed by atoms with Crippen LogP contribution in [0, 0.1) is 5.92 Å². The summed E-state index contributed by atoms with van der Waals surface area (Å²) in [5, 5.41) is 14.2. The first-order chi connectivity index (χ1) is 18.2. The van der Waals surface area contributed by atoms with E-state index in [4.69, 9.17) is 29.3 Å². The van der Waals surface area contributed by atoms with Gasteiger partial charge in [-0.05, 0) is 24.8 Å². The van der Waals surface area contributed by atoms with E-state index in [0.29, 0.717) is 12.5 Å². The van der Waals surface area contributed by atoms with Crippen molar-refractivity contribution < 1.29 is 55.6 Å². The van der Waals surface area contributed by atoms with E-state index >= 15 is 0 Å². The first-order valence-electron chi connectivity index (χ1n) is 11.5. The number of ether oxygens (including phenoxy) is 2. The number of anilines is 1. The van der Waals surface area contributed by atoms with Crippen LogP contribution in [0.3, 0.4) is 0 Å². The normalized spacial score (nSPS) is 17.7. The summed E-state index contributed by atoms with van der Waals surface area (Å²) in [6, 6.07) is 1.84. The molecule has 218 valence electrons. The van der Waals surface area contributed by atoms with E-state index in [2.05, 4.69) is 31.5 Å². The molecule has 0 amide bonds. The summed E-state index contributed by atoms with van der Waals surface area (Å²) in [5.74, 6) is -3.86. The van der Waals surface area contributed by atoms with Crippen molar-refractivity contribution in [1.29, 1.82) is 0 Å². The number of hydrogen-bond acceptors (Lipinski definition) is 8. The van der Waals surface area contributed by atoms with E-state index in [-0.39, 0.29) is 5.92 Å². The van der Waals surface area contributed by atoms with Crippen LogP contribution in [0.2, 0.25) is 0 Å². The van der Waals surface area contributed by atoms with Crippen LogP contribution in [0.4, 0.5) is 32.3 Å². The Morgan fingerprint density at radius 2 is 1.54 bits per heavy atom. The van der Waals surface area contributed by atoms with Gasteiger partial charge >= 0.3 is 24.3 Å². The lowest BCUT2D eigenvalue weighted by molar-refractivity contribution is -0.193. The number of carbonyl (C=O) groups is 2. The minimum atomic E-state index is -5.08. The van der Waals surface area contributed by atoms with Crippen molar-refractivity contribution in [2.75, 3.05) is 37.9 Å². The Balaban J connectivity index is 0.000000317. The van der Waals surface area contributed by atoms with E-state index in [9.17, 15) is 26.3 Å². The lowest BCUT2D eigenvalue weighted by Gasteiger charge is -2.33. The molecular formula is C22H27F6N5O6. The number of rotatable bonds is 5. The summed E-state index contributed by atoms with van der Waals surface area (Å²) >= 11 is 0. The molecule has 2 aliphatic heterocycles. The third-order valence-electron chi connectivity index (χ3n) is 5.56. The molecule has 0 aliphatic carbocycles. The van der Waals surface area contributed by atoms with Gasteiger partial charge in [0.25, 0.3) is 0 Å². The van der Waals surface area contributed by atoms with Gasteiger partial charge < -0.3 is 29.2 Å². The van der Waals surface area contributed by atoms with Crippen LogP contribution < -0.4 is 4.90 Å². The quantitative estimate of drug-likeness (QED) is 0.515. The van der Waals surface area contributed by atoms with Crippen LogP contribution in [-0.2, 0) is 32.7 Å². The Kier molecular flexibility index (Phi) is 11.5. The van der Waals surface area contributed by atoms with Gasteiger partial charge in [0, 0.05) is 57.4 Å². The number of aromatic nitrogens is 4. The second-order valence-corrected chi connectivity index (χ2v) is 8.51. The summed E-state index contributed by atoms with van der Waals surface area (Å²) in [6.45, 7) is 4.84. The molecule has 2 aromatic heterocycles. The molecule has 0 saturated carbocycles. The highest BCUT2D eigenvalue weighted by molar-refractivity contribution is 5.73. The smallest absolute Gasteiger partial charge is 0.475 e. The molecule has 1 unspecified atom stereocenters. The fraction of sp³-hybridized carbons (Fsp3) is 0.591. The monoisotopic (exact) mass is 571 g/mol. The fourth-order valence-corrected chi connectivity index (χ4v) is 3.76. The summed E-state index contributed by atoms with van der Waals surface area (Å²) in [4.78, 5) is 33.3. The third kappa shape index (κ3) is 10.3. The molecule has 0 radical (unpaired) electrons. The standard InChI is InChI=1S/C18H25N5O2.2C2HF3O2/c1-22-13-21-16-10-23(18-19-5-2-6-20-18)9-15(17(16)22)12-25-11-14-3-7-24-8-4-14;2*3-2(4,5)1(6)7/h2,5-6,13-15H,3-4,7-12H2,1H3;2*(H,6,7). The van der Waals surface area contributed by atoms with E-state index in [1.165, 1.54) is 5.69 Å². The Morgan fingerprint density at radius 3 is 2.05 bits per heavy atom. The average molecular weight is 571 g/mol. The Morgan fingerprint density at radius 1 is 1.00 bits per heavy atom. The van der Waals surface area contributed by atoms with Crippen molar-refractivity contribution in [2.24, 2.45) is 13.0 Å². The maximum absolute atomic E-state index is 10.6. The number of alkyl halides is 6. The van der Waals surface area contributed by atoms with Gasteiger partial charge in [0.1, 0.15) is 0 Å². The van der Waals surface area contributed by atoms with Crippen molar-refractivity contribution in [3.05, 3.63) is 36.2 Å². The van der Waals surface area contributed by atoms with Crippen LogP contribution in [-0.4, -0.2) is 87.0 Å². The molecule has 1 atom stereocenters. The molecule has 0 bridgehead atoms. The molecule has 39 heavy (non-hydrogen) atoms. The van der Waals surface area contributed by atoms with Gasteiger partial charge in [-0.2, -0.15) is 26.3 Å². The molecule has 11 nitrogen and oxygen atoms in total. The zero-order chi connectivity index (χ0) is 29.2. The predicted octanol–water partition coefficient (Wildman–Crippen LogP) is 3.02. The number of carboxylic acids is 2. The molecular weight excluding hydrogens is 544 g/mol. The highest BCUT2D eigenvalue weighted by Gasteiger charge is 2.39. The number of hydrogen-bond donors (Lipinski definition) is 2. The largest absolute Gasteiger partial charge is 0.490 e. The maximum atomic E-state index is 10.6. The van der Waals surface area contributed by atoms with Crippen LogP contribution in [0.15, 0.2) is 24.8 Å². The van der Waals surface area contributed by atoms with Crippen molar-refractivity contribution >= 4 is 17.9 Å². The molecule has 4 heterocycles. The zero-order valence-electron chi connectivity index (χ0n) is 20.7. The molecule has 2 aromatic rings. The van der Waals surface area contributed by atoms with Gasteiger partial charge in [-0.25, -0.2) is 24.5 Å². The number of nitrogens with zero attached hydrogens (tertiary/aromatic N) is 5. The highest BCUT2D eigenvalue weighted by Crippen LogP contribution is 2.29. The molecule has 17 heteroatoms. The Bertz CT molecular complexity index is 1040. The highest BCUT2D eigenvalue weighted by atomic mass is 19.4. The number of aliphatic carboxylic acids is 2. The van der Waals surface area contributed by atoms with Gasteiger partial charge in [0.05, 0.1) is 25.2 Å². The number of aryl methyl sites for hydroxylation is 1. The minimum Gasteiger partial charge on any atom is -0.475 e. The van der Waals surface area contributed by atoms with Crippen molar-refractivity contribution in [3.8, 4) is 0 Å². The van der Waals surface area contributed by atoms with Gasteiger partial charge in [0.2, 0.25) is 5.95 Å². The van der Waals surface area contributed by atoms with Crippen LogP contribution in [0.5, 0.6) is 0 Å². The topological polar surface area (TPSA) is 140 Å². The van der Waals surface area contributed by atoms with E-state index in [0.717, 1.165) is 57.4 Å². The van der Waals surface area contributed by atoms with Crippen LogP contribution in [0.1, 0.15) is 30.1 Å². The first kappa shape index (κ1) is 31.7. The van der Waals surface area contributed by atoms with Crippen LogP contribution >= 0.6 is 0 Å². The zero-order valence-corrected chi connectivity index (χ0v) is 20.7. The first-order valence-corrected chi connectivity index (χ1v) is 11.5. The predicted molar refractivity (Wildman–Crippen MR) is 121 cm³/mol. The lowest BCUT2D eigenvalue weighted by atomic mass is 9.98. The molecule has 1 fully saturated rings. The second-order valence-electron chi connectivity index (χ2n) is 8.51. The van der Waals surface area contributed by atoms with Gasteiger partial charge in [-0.1, -0.05) is 0 Å². The summed E-state index contributed by atoms with van der Waals surface area (Å²) < 4.78 is 77.1. The number of halogens is 6. The average Bonchev–Trinajstić information content (AvgIpc) is 3.25. The minimum absolute atomic E-state index is 0.278. The van der Waals surface area contributed by atoms with Crippen molar-refractivity contribution in [3.63, 3.8) is 0 Å². The molecule has 2 N–H and O–H groups in total. The number of fused-ring (bicyclic) bond motifs is 1. The molecule has 1 saturated heterocycles. The van der Waals surface area contributed by atoms with Crippen molar-refractivity contribution in [2.45, 2.75) is 37.7 Å². The van der Waals surface area contributed by atoms with Crippen LogP contribution in [0.25, 0.3) is 0 Å². The second kappa shape index (κ2) is 14.1. The van der Waals surface area contributed by atoms with Gasteiger partial charge in [-0.15, -0.1) is 0 Å². The van der Waals surface area contributed by atoms with E-state index < -0.39 is 24.3 Å². The fourth-order valence-electron chi connectivity index (χ4n) is 3.76. The third-order valence-corrected chi connectivity index (χ3v) is 5.56. The van der Waals surface area contributed by atoms with Gasteiger partial charge in [-0.3, -0.25) is 0 Å². The summed E-state index contributed by atoms with van der Waals surface area (Å²) in [7, 11) is 2.06. The summed E-state index contributed by atoms with van der Waals surface area (Å²) in [6.07, 6.45) is -2.50. The molecule has 4 rings (SSSR count). The lowest BCUT2D eigenvalue weighted by Crippen LogP contribution is -2.37. The molecule has 0 spiro atoms. The Labute approximate surface area is 218 Å². The molecule has 0 aromatic carbocycles. The van der Waals surface area contributed by atoms with Gasteiger partial charge in [0.15, 0.2) is 0 Å². The SMILES string of the molecule is Cn1cnc2c1C(COCC1CCOCC1)CN(c1ncccn1)C2.O=C(O)C(F)(F)F.O=C(O)C(F)(F)F. The van der Waals surface area contributed by atoms with E-state index in [1.807, 2.05) is 12.4 Å². The van der Waals surface area contributed by atoms with Crippen molar-refractivity contribution in [1.82, 2.24) is 19.5 Å². The summed E-state index contributed by atoms with van der Waals surface area (Å²) in [5.41, 5.74) is 2.38.